The number of benzene rings is 1. The SMILES string of the molecule is Cc1ccc(N)cc1NC(=O)CSc1nncs1. The molecule has 1 amide bonds. The number of nitrogen functional groups attached to an aromatic ring is 1. The summed E-state index contributed by atoms with van der Waals surface area (Å²) >= 11 is 2.78. The number of aromatic nitrogens is 2. The van der Waals surface area contributed by atoms with E-state index >= 15 is 0 Å². The molecule has 0 aliphatic rings. The van der Waals surface area contributed by atoms with Crippen LogP contribution in [0.2, 0.25) is 0 Å². The van der Waals surface area contributed by atoms with Crippen molar-refractivity contribution in [3.63, 3.8) is 0 Å². The number of hydrogen-bond donors (Lipinski definition) is 2. The van der Waals surface area contributed by atoms with Crippen molar-refractivity contribution in [2.45, 2.75) is 11.3 Å². The summed E-state index contributed by atoms with van der Waals surface area (Å²) in [4.78, 5) is 11.8. The summed E-state index contributed by atoms with van der Waals surface area (Å²) in [5.74, 6) is 0.229. The second-order valence-corrected chi connectivity index (χ2v) is 5.67. The number of nitrogens with one attached hydrogen (secondary N) is 1. The highest BCUT2D eigenvalue weighted by Gasteiger charge is 2.07. The van der Waals surface area contributed by atoms with Gasteiger partial charge in [0.05, 0.1) is 5.75 Å². The van der Waals surface area contributed by atoms with Gasteiger partial charge in [-0.3, -0.25) is 4.79 Å². The molecule has 3 N–H and O–H groups in total. The molecule has 18 heavy (non-hydrogen) atoms. The second-order valence-electron chi connectivity index (χ2n) is 3.62. The quantitative estimate of drug-likeness (QED) is 0.662. The van der Waals surface area contributed by atoms with Crippen molar-refractivity contribution >= 4 is 40.4 Å². The predicted octanol–water partition coefficient (Wildman–Crippen LogP) is 2.16. The molecule has 5 nitrogen and oxygen atoms in total. The van der Waals surface area contributed by atoms with Gasteiger partial charge in [0.2, 0.25) is 5.91 Å². The highest BCUT2D eigenvalue weighted by molar-refractivity contribution is 8.01. The average Bonchev–Trinajstić information content (AvgIpc) is 2.84. The molecule has 0 saturated heterocycles. The van der Waals surface area contributed by atoms with E-state index < -0.39 is 0 Å². The van der Waals surface area contributed by atoms with Crippen molar-refractivity contribution in [3.05, 3.63) is 29.3 Å². The zero-order chi connectivity index (χ0) is 13.0. The van der Waals surface area contributed by atoms with Crippen LogP contribution in [0.1, 0.15) is 5.56 Å². The van der Waals surface area contributed by atoms with Gasteiger partial charge in [-0.1, -0.05) is 29.2 Å². The Kier molecular flexibility index (Phi) is 4.16. The lowest BCUT2D eigenvalue weighted by molar-refractivity contribution is -0.113. The molecular weight excluding hydrogens is 268 g/mol. The van der Waals surface area contributed by atoms with Crippen LogP contribution in [-0.4, -0.2) is 21.9 Å². The maximum atomic E-state index is 11.8. The number of carbonyl (C=O) groups excluding carboxylic acids is 1. The van der Waals surface area contributed by atoms with Crippen molar-refractivity contribution in [2.75, 3.05) is 16.8 Å². The van der Waals surface area contributed by atoms with Gasteiger partial charge in [0.1, 0.15) is 5.51 Å². The molecule has 1 aromatic heterocycles. The topological polar surface area (TPSA) is 80.9 Å². The summed E-state index contributed by atoms with van der Waals surface area (Å²) in [6, 6.07) is 5.44. The third-order valence-corrected chi connectivity index (χ3v) is 4.06. The van der Waals surface area contributed by atoms with E-state index in [1.165, 1.54) is 23.1 Å². The molecule has 0 radical (unpaired) electrons. The lowest BCUT2D eigenvalue weighted by Crippen LogP contribution is -2.15. The standard InChI is InChI=1S/C11H12N4OS2/c1-7-2-3-8(12)4-9(7)14-10(16)5-17-11-15-13-6-18-11/h2-4,6H,5,12H2,1H3,(H,14,16). The van der Waals surface area contributed by atoms with E-state index in [0.717, 1.165) is 15.6 Å². The minimum Gasteiger partial charge on any atom is -0.399 e. The number of nitrogens with two attached hydrogens (primary N) is 1. The number of anilines is 2. The second kappa shape index (κ2) is 5.83. The molecule has 0 aliphatic carbocycles. The minimum atomic E-state index is -0.0797. The lowest BCUT2D eigenvalue weighted by atomic mass is 10.2. The minimum absolute atomic E-state index is 0.0797. The van der Waals surface area contributed by atoms with Gasteiger partial charge >= 0.3 is 0 Å². The van der Waals surface area contributed by atoms with E-state index in [1.54, 1.807) is 17.6 Å². The molecular formula is C11H12N4OS2. The lowest BCUT2D eigenvalue weighted by Gasteiger charge is -2.08. The molecule has 0 atom stereocenters. The molecule has 1 aromatic carbocycles. The van der Waals surface area contributed by atoms with Gasteiger partial charge in [-0.2, -0.15) is 0 Å². The monoisotopic (exact) mass is 280 g/mol. The van der Waals surface area contributed by atoms with Crippen molar-refractivity contribution in [1.29, 1.82) is 0 Å². The summed E-state index contributed by atoms with van der Waals surface area (Å²) in [5.41, 5.74) is 9.69. The molecule has 0 aliphatic heterocycles. The number of hydrogen-bond acceptors (Lipinski definition) is 6. The fraction of sp³-hybridized carbons (Fsp3) is 0.182. The van der Waals surface area contributed by atoms with Crippen LogP contribution >= 0.6 is 23.1 Å². The van der Waals surface area contributed by atoms with Gasteiger partial charge in [-0.05, 0) is 24.6 Å². The van der Waals surface area contributed by atoms with E-state index in [2.05, 4.69) is 15.5 Å². The third kappa shape index (κ3) is 3.44. The zero-order valence-corrected chi connectivity index (χ0v) is 11.3. The van der Waals surface area contributed by atoms with E-state index in [1.807, 2.05) is 13.0 Å². The van der Waals surface area contributed by atoms with E-state index in [-0.39, 0.29) is 5.91 Å². The number of nitrogens with zero attached hydrogens (tertiary/aromatic N) is 2. The van der Waals surface area contributed by atoms with Crippen molar-refractivity contribution in [1.82, 2.24) is 10.2 Å². The normalized spacial score (nSPS) is 10.3. The van der Waals surface area contributed by atoms with Gasteiger partial charge in [0.15, 0.2) is 4.34 Å². The number of carbonyl (C=O) groups is 1. The predicted molar refractivity (Wildman–Crippen MR) is 74.9 cm³/mol. The summed E-state index contributed by atoms with van der Waals surface area (Å²) in [6.07, 6.45) is 0. The fourth-order valence-electron chi connectivity index (χ4n) is 1.31. The van der Waals surface area contributed by atoms with Crippen molar-refractivity contribution in [2.24, 2.45) is 0 Å². The van der Waals surface area contributed by atoms with E-state index in [4.69, 9.17) is 5.73 Å². The number of aryl methyl sites for hydroxylation is 1. The molecule has 94 valence electrons. The highest BCUT2D eigenvalue weighted by Crippen LogP contribution is 2.21. The Bertz CT molecular complexity index is 542. The first-order valence-corrected chi connectivity index (χ1v) is 7.06. The Balaban J connectivity index is 1.92. The molecule has 0 unspecified atom stereocenters. The Morgan fingerprint density at radius 2 is 2.39 bits per heavy atom. The third-order valence-electron chi connectivity index (χ3n) is 2.20. The summed E-state index contributed by atoms with van der Waals surface area (Å²) in [6.45, 7) is 1.92. The summed E-state index contributed by atoms with van der Waals surface area (Å²) in [7, 11) is 0. The summed E-state index contributed by atoms with van der Waals surface area (Å²) in [5, 5.41) is 10.4. The van der Waals surface area contributed by atoms with Gasteiger partial charge < -0.3 is 11.1 Å². The van der Waals surface area contributed by atoms with Crippen LogP contribution in [0.4, 0.5) is 11.4 Å². The van der Waals surface area contributed by atoms with Crippen molar-refractivity contribution < 1.29 is 4.79 Å². The molecule has 0 fully saturated rings. The van der Waals surface area contributed by atoms with E-state index in [0.29, 0.717) is 11.4 Å². The first-order valence-electron chi connectivity index (χ1n) is 5.20. The van der Waals surface area contributed by atoms with Crippen LogP contribution < -0.4 is 11.1 Å². The molecule has 1 heterocycles. The van der Waals surface area contributed by atoms with Gasteiger partial charge in [-0.25, -0.2) is 0 Å². The van der Waals surface area contributed by atoms with Crippen LogP contribution in [0.25, 0.3) is 0 Å². The Morgan fingerprint density at radius 1 is 1.56 bits per heavy atom. The maximum Gasteiger partial charge on any atom is 0.234 e. The fourth-order valence-corrected chi connectivity index (χ4v) is 2.60. The van der Waals surface area contributed by atoms with Crippen LogP contribution in [-0.2, 0) is 4.79 Å². The molecule has 7 heteroatoms. The van der Waals surface area contributed by atoms with Crippen LogP contribution in [0.3, 0.4) is 0 Å². The first kappa shape index (κ1) is 12.8. The highest BCUT2D eigenvalue weighted by atomic mass is 32.2. The van der Waals surface area contributed by atoms with Crippen LogP contribution in [0.5, 0.6) is 0 Å². The Morgan fingerprint density at radius 3 is 3.11 bits per heavy atom. The van der Waals surface area contributed by atoms with Crippen molar-refractivity contribution in [3.8, 4) is 0 Å². The molecule has 0 saturated carbocycles. The van der Waals surface area contributed by atoms with E-state index in [9.17, 15) is 4.79 Å². The smallest absolute Gasteiger partial charge is 0.234 e. The summed E-state index contributed by atoms with van der Waals surface area (Å²) < 4.78 is 0.787. The maximum absolute atomic E-state index is 11.8. The molecule has 2 aromatic rings. The zero-order valence-electron chi connectivity index (χ0n) is 9.71. The molecule has 0 bridgehead atoms. The van der Waals surface area contributed by atoms with Crippen LogP contribution in [0, 0.1) is 6.92 Å². The first-order chi connectivity index (χ1) is 8.65. The average molecular weight is 280 g/mol. The number of rotatable bonds is 4. The van der Waals surface area contributed by atoms with Gasteiger partial charge in [0, 0.05) is 11.4 Å². The molecule has 2 rings (SSSR count). The van der Waals surface area contributed by atoms with Gasteiger partial charge in [0.25, 0.3) is 0 Å². The molecule has 0 spiro atoms. The largest absolute Gasteiger partial charge is 0.399 e. The number of thioether (sulfide) groups is 1. The Hall–Kier alpha value is -1.60. The van der Waals surface area contributed by atoms with Gasteiger partial charge in [-0.15, -0.1) is 10.2 Å². The Labute approximate surface area is 113 Å². The van der Waals surface area contributed by atoms with Crippen LogP contribution in [0.15, 0.2) is 28.0 Å². The number of amides is 1.